The Morgan fingerprint density at radius 2 is 1.23 bits per heavy atom. The third-order valence-electron chi connectivity index (χ3n) is 1.55. The second kappa shape index (κ2) is 4.27. The van der Waals surface area contributed by atoms with Crippen LogP contribution in [0.4, 0.5) is 0 Å². The van der Waals surface area contributed by atoms with Gasteiger partial charge in [-0.25, -0.2) is 0 Å². The molecule has 1 aliphatic carbocycles. The molecule has 0 aliphatic heterocycles. The molecule has 0 bridgehead atoms. The smallest absolute Gasteiger partial charge is 0.0800 e. The van der Waals surface area contributed by atoms with E-state index in [0.29, 0.717) is 26.0 Å². The van der Waals surface area contributed by atoms with Crippen molar-refractivity contribution in [3.63, 3.8) is 0 Å². The molecule has 0 N–H and O–H groups in total. The zero-order valence-corrected chi connectivity index (χ0v) is 10.2. The van der Waals surface area contributed by atoms with Crippen molar-refractivity contribution in [1.29, 1.82) is 0 Å². The first-order chi connectivity index (χ1) is 5.95. The Labute approximate surface area is 97.8 Å². The largest absolute Gasteiger partial charge is 0.0819 e. The van der Waals surface area contributed by atoms with E-state index in [9.17, 15) is 0 Å². The Kier molecular flexibility index (Phi) is 3.76. The number of allylic oxidation sites excluding steroid dienone is 6. The van der Waals surface area contributed by atoms with Gasteiger partial charge in [0.2, 0.25) is 0 Å². The van der Waals surface area contributed by atoms with E-state index in [0.717, 1.165) is 5.57 Å². The second-order valence-corrected chi connectivity index (χ2v) is 4.59. The van der Waals surface area contributed by atoms with Gasteiger partial charge in [-0.2, -0.15) is 0 Å². The minimum atomic E-state index is 0.334. The van der Waals surface area contributed by atoms with Crippen LogP contribution in [0.5, 0.6) is 0 Å². The molecule has 1 aliphatic rings. The highest BCUT2D eigenvalue weighted by molar-refractivity contribution is 6.55. The van der Waals surface area contributed by atoms with Crippen LogP contribution in [0.2, 0.25) is 0 Å². The van der Waals surface area contributed by atoms with Crippen LogP contribution in [0, 0.1) is 5.92 Å². The lowest BCUT2D eigenvalue weighted by Gasteiger charge is -2.01. The lowest BCUT2D eigenvalue weighted by Crippen LogP contribution is -1.85. The molecule has 0 amide bonds. The molecule has 0 heterocycles. The molecule has 0 aromatic rings. The number of hydrogen-bond donors (Lipinski definition) is 0. The van der Waals surface area contributed by atoms with Crippen molar-refractivity contribution in [2.45, 2.75) is 13.8 Å². The average molecular weight is 258 g/mol. The van der Waals surface area contributed by atoms with Gasteiger partial charge in [0.1, 0.15) is 0 Å². The van der Waals surface area contributed by atoms with Gasteiger partial charge in [-0.1, -0.05) is 66.3 Å². The summed E-state index contributed by atoms with van der Waals surface area (Å²) in [4.78, 5) is 0. The Hall–Kier alpha value is 0.380. The normalized spacial score (nSPS) is 17.9. The van der Waals surface area contributed by atoms with Crippen LogP contribution in [0.3, 0.4) is 0 Å². The molecule has 72 valence electrons. The van der Waals surface area contributed by atoms with Gasteiger partial charge in [0, 0.05) is 5.57 Å². The van der Waals surface area contributed by atoms with Gasteiger partial charge in [0.25, 0.3) is 0 Å². The fourth-order valence-corrected chi connectivity index (χ4v) is 2.05. The second-order valence-electron chi connectivity index (χ2n) is 3.08. The summed E-state index contributed by atoms with van der Waals surface area (Å²) in [6.45, 7) is 4.06. The van der Waals surface area contributed by atoms with E-state index >= 15 is 0 Å². The molecule has 0 saturated carbocycles. The summed E-state index contributed by atoms with van der Waals surface area (Å²) >= 11 is 23.5. The first-order valence-corrected chi connectivity index (χ1v) is 5.29. The maximum Gasteiger partial charge on any atom is 0.0800 e. The van der Waals surface area contributed by atoms with Crippen LogP contribution >= 0.6 is 46.4 Å². The molecular formula is C9H8Cl4. The first kappa shape index (κ1) is 11.5. The van der Waals surface area contributed by atoms with Crippen molar-refractivity contribution in [2.75, 3.05) is 0 Å². The van der Waals surface area contributed by atoms with Crippen LogP contribution in [0.25, 0.3) is 0 Å². The third kappa shape index (κ3) is 2.24. The van der Waals surface area contributed by atoms with Crippen LogP contribution in [0.1, 0.15) is 13.8 Å². The molecule has 0 saturated heterocycles. The fourth-order valence-electron chi connectivity index (χ4n) is 1.01. The molecule has 4 heteroatoms. The SMILES string of the molecule is CC(C)C=C1C(Cl)=C(Cl)C(Cl)=C1Cl. The van der Waals surface area contributed by atoms with E-state index in [2.05, 4.69) is 0 Å². The predicted octanol–water partition coefficient (Wildman–Crippen LogP) is 4.96. The Bertz CT molecular complexity index is 295. The maximum absolute atomic E-state index is 5.93. The number of hydrogen-bond acceptors (Lipinski definition) is 0. The van der Waals surface area contributed by atoms with Crippen LogP contribution in [-0.4, -0.2) is 0 Å². The number of halogens is 4. The minimum Gasteiger partial charge on any atom is -0.0819 e. The predicted molar refractivity (Wildman–Crippen MR) is 60.4 cm³/mol. The molecule has 1 rings (SSSR count). The number of rotatable bonds is 1. The quantitative estimate of drug-likeness (QED) is 0.623. The summed E-state index contributed by atoms with van der Waals surface area (Å²) in [7, 11) is 0. The van der Waals surface area contributed by atoms with Crippen molar-refractivity contribution in [2.24, 2.45) is 5.92 Å². The summed E-state index contributed by atoms with van der Waals surface area (Å²) in [5.74, 6) is 0.351. The van der Waals surface area contributed by atoms with Crippen LogP contribution in [-0.2, 0) is 0 Å². The van der Waals surface area contributed by atoms with E-state index < -0.39 is 0 Å². The lowest BCUT2D eigenvalue weighted by molar-refractivity contribution is 0.827. The van der Waals surface area contributed by atoms with Crippen LogP contribution in [0.15, 0.2) is 31.8 Å². The molecule has 0 spiro atoms. The summed E-state index contributed by atoms with van der Waals surface area (Å²) in [5, 5.41) is 1.54. The highest BCUT2D eigenvalue weighted by Gasteiger charge is 2.24. The maximum atomic E-state index is 5.93. The van der Waals surface area contributed by atoms with Crippen molar-refractivity contribution < 1.29 is 0 Å². The van der Waals surface area contributed by atoms with Crippen molar-refractivity contribution >= 4 is 46.4 Å². The Balaban J connectivity index is 3.17. The third-order valence-corrected chi connectivity index (χ3v) is 3.38. The molecule has 0 atom stereocenters. The standard InChI is InChI=1S/C9H8Cl4/c1-4(2)3-5-6(10)8(12)9(13)7(5)11/h3-4H,1-2H3. The van der Waals surface area contributed by atoms with E-state index in [1.54, 1.807) is 0 Å². The Morgan fingerprint density at radius 1 is 0.846 bits per heavy atom. The first-order valence-electron chi connectivity index (χ1n) is 3.78. The summed E-state index contributed by atoms with van der Waals surface area (Å²) in [6.07, 6.45) is 1.93. The molecule has 0 radical (unpaired) electrons. The minimum absolute atomic E-state index is 0.334. The summed E-state index contributed by atoms with van der Waals surface area (Å²) < 4.78 is 0. The van der Waals surface area contributed by atoms with Crippen LogP contribution < -0.4 is 0 Å². The topological polar surface area (TPSA) is 0 Å². The molecule has 0 fully saturated rings. The summed E-state index contributed by atoms with van der Waals surface area (Å²) in [5.41, 5.74) is 0.730. The zero-order valence-electron chi connectivity index (χ0n) is 7.17. The average Bonchev–Trinajstić information content (AvgIpc) is 2.22. The molecule has 0 unspecified atom stereocenters. The van der Waals surface area contributed by atoms with Gasteiger partial charge in [-0.05, 0) is 5.92 Å². The molecule has 13 heavy (non-hydrogen) atoms. The lowest BCUT2D eigenvalue weighted by atomic mass is 10.1. The van der Waals surface area contributed by atoms with Crippen molar-refractivity contribution in [3.05, 3.63) is 31.8 Å². The van der Waals surface area contributed by atoms with Gasteiger partial charge in [-0.3, -0.25) is 0 Å². The van der Waals surface area contributed by atoms with Gasteiger partial charge in [0.15, 0.2) is 0 Å². The summed E-state index contributed by atoms with van der Waals surface area (Å²) in [6, 6.07) is 0. The van der Waals surface area contributed by atoms with E-state index in [-0.39, 0.29) is 0 Å². The van der Waals surface area contributed by atoms with Gasteiger partial charge < -0.3 is 0 Å². The monoisotopic (exact) mass is 256 g/mol. The Morgan fingerprint density at radius 3 is 1.54 bits per heavy atom. The van der Waals surface area contributed by atoms with Gasteiger partial charge in [-0.15, -0.1) is 0 Å². The van der Waals surface area contributed by atoms with E-state index in [1.165, 1.54) is 0 Å². The molecule has 0 nitrogen and oxygen atoms in total. The molecular weight excluding hydrogens is 250 g/mol. The zero-order chi connectivity index (χ0) is 10.2. The molecule has 0 aromatic heterocycles. The van der Waals surface area contributed by atoms with Gasteiger partial charge in [0.05, 0.1) is 20.1 Å². The van der Waals surface area contributed by atoms with Gasteiger partial charge >= 0.3 is 0 Å². The highest BCUT2D eigenvalue weighted by Crippen LogP contribution is 2.45. The fraction of sp³-hybridized carbons (Fsp3) is 0.333. The van der Waals surface area contributed by atoms with Crippen molar-refractivity contribution in [1.82, 2.24) is 0 Å². The highest BCUT2D eigenvalue weighted by atomic mass is 35.5. The van der Waals surface area contributed by atoms with Crippen molar-refractivity contribution in [3.8, 4) is 0 Å². The van der Waals surface area contributed by atoms with E-state index in [4.69, 9.17) is 46.4 Å². The van der Waals surface area contributed by atoms with E-state index in [1.807, 2.05) is 19.9 Å². The molecule has 0 aromatic carbocycles.